The Kier molecular flexibility index (Phi) is 8.27. The molecule has 0 atom stereocenters. The molecule has 1 fully saturated rings. The molecule has 0 saturated carbocycles. The van der Waals surface area contributed by atoms with Gasteiger partial charge in [0.05, 0.1) is 41.6 Å². The molecule has 0 aliphatic carbocycles. The fraction of sp³-hybridized carbons (Fsp3) is 0.233. The van der Waals surface area contributed by atoms with Crippen molar-refractivity contribution < 1.29 is 27.9 Å². The number of amides is 1. The number of aromatic amines is 1. The SMILES string of the molecule is COC(=O)c1ccc2c(C(=Nc3ccc(N(CC(=O)N4CCNCC4)S(C)(=O)=O)cc3)c3ccccc3)c(O)[nH]c2c1. The lowest BCUT2D eigenvalue weighted by Gasteiger charge is -2.30. The topological polar surface area (TPSA) is 144 Å². The molecule has 1 aliphatic rings. The predicted molar refractivity (Wildman–Crippen MR) is 161 cm³/mol. The van der Waals surface area contributed by atoms with Gasteiger partial charge in [-0.05, 0) is 36.4 Å². The lowest BCUT2D eigenvalue weighted by atomic mass is 10.00. The van der Waals surface area contributed by atoms with Crippen molar-refractivity contribution >= 4 is 49.9 Å². The first-order valence-electron chi connectivity index (χ1n) is 13.3. The Morgan fingerprint density at radius 3 is 2.33 bits per heavy atom. The van der Waals surface area contributed by atoms with Crippen LogP contribution in [0.25, 0.3) is 10.9 Å². The highest BCUT2D eigenvalue weighted by Gasteiger charge is 2.25. The third-order valence-corrected chi connectivity index (χ3v) is 8.15. The number of benzene rings is 3. The van der Waals surface area contributed by atoms with Crippen molar-refractivity contribution in [1.82, 2.24) is 15.2 Å². The number of H-pyrrole nitrogens is 1. The maximum absolute atomic E-state index is 12.9. The number of aliphatic imine (C=N–C) groups is 1. The quantitative estimate of drug-likeness (QED) is 0.212. The van der Waals surface area contributed by atoms with E-state index in [0.29, 0.717) is 65.3 Å². The van der Waals surface area contributed by atoms with Crippen molar-refractivity contribution in [2.75, 3.05) is 50.4 Å². The van der Waals surface area contributed by atoms with Crippen molar-refractivity contribution in [3.05, 3.63) is 89.5 Å². The summed E-state index contributed by atoms with van der Waals surface area (Å²) in [6.07, 6.45) is 1.07. The highest BCUT2D eigenvalue weighted by Crippen LogP contribution is 2.33. The van der Waals surface area contributed by atoms with Gasteiger partial charge in [-0.25, -0.2) is 18.2 Å². The van der Waals surface area contributed by atoms with E-state index >= 15 is 0 Å². The van der Waals surface area contributed by atoms with Crippen molar-refractivity contribution in [2.24, 2.45) is 4.99 Å². The zero-order valence-corrected chi connectivity index (χ0v) is 24.0. The number of esters is 1. The summed E-state index contributed by atoms with van der Waals surface area (Å²) in [6, 6.07) is 20.8. The van der Waals surface area contributed by atoms with Crippen LogP contribution < -0.4 is 9.62 Å². The number of anilines is 1. The van der Waals surface area contributed by atoms with Gasteiger partial charge in [0, 0.05) is 42.6 Å². The molecule has 11 nitrogen and oxygen atoms in total. The highest BCUT2D eigenvalue weighted by molar-refractivity contribution is 7.92. The van der Waals surface area contributed by atoms with Gasteiger partial charge in [0.1, 0.15) is 6.54 Å². The number of hydrogen-bond donors (Lipinski definition) is 3. The molecule has 1 saturated heterocycles. The third kappa shape index (κ3) is 6.14. The fourth-order valence-electron chi connectivity index (χ4n) is 4.89. The molecule has 42 heavy (non-hydrogen) atoms. The molecule has 1 aliphatic heterocycles. The van der Waals surface area contributed by atoms with Crippen LogP contribution in [0.15, 0.2) is 77.8 Å². The number of ether oxygens (including phenoxy) is 1. The molecule has 5 rings (SSSR count). The van der Waals surface area contributed by atoms with Gasteiger partial charge in [-0.1, -0.05) is 36.4 Å². The van der Waals surface area contributed by atoms with Gasteiger partial charge in [0.2, 0.25) is 15.9 Å². The maximum Gasteiger partial charge on any atom is 0.337 e. The van der Waals surface area contributed by atoms with Crippen LogP contribution in [0.3, 0.4) is 0 Å². The van der Waals surface area contributed by atoms with E-state index in [4.69, 9.17) is 9.73 Å². The molecule has 12 heteroatoms. The lowest BCUT2D eigenvalue weighted by Crippen LogP contribution is -2.50. The number of hydrogen-bond acceptors (Lipinski definition) is 8. The van der Waals surface area contributed by atoms with Gasteiger partial charge < -0.3 is 25.0 Å². The van der Waals surface area contributed by atoms with Crippen molar-refractivity contribution in [3.63, 3.8) is 0 Å². The molecule has 4 aromatic rings. The standard InChI is InChI=1S/C30H31N5O6S/c1-41-30(38)21-8-13-24-25(18-21)33-29(37)27(24)28(20-6-4-3-5-7-20)32-22-9-11-23(12-10-22)35(42(2,39)40)19-26(36)34-16-14-31-15-17-34/h3-13,18,31,33,37H,14-17,19H2,1-2H3. The minimum atomic E-state index is -3.74. The summed E-state index contributed by atoms with van der Waals surface area (Å²) in [5.41, 5.74) is 3.34. The van der Waals surface area contributed by atoms with Crippen molar-refractivity contribution in [3.8, 4) is 5.88 Å². The Balaban J connectivity index is 1.52. The van der Waals surface area contributed by atoms with E-state index in [1.807, 2.05) is 30.3 Å². The second kappa shape index (κ2) is 12.0. The number of nitrogens with one attached hydrogen (secondary N) is 2. The van der Waals surface area contributed by atoms with Crippen LogP contribution in [0, 0.1) is 0 Å². The van der Waals surface area contributed by atoms with E-state index in [-0.39, 0.29) is 18.3 Å². The third-order valence-electron chi connectivity index (χ3n) is 7.01. The normalized spacial score (nSPS) is 14.1. The molecule has 1 amide bonds. The van der Waals surface area contributed by atoms with Crippen LogP contribution in [0.1, 0.15) is 21.5 Å². The summed E-state index contributed by atoms with van der Waals surface area (Å²) in [6.45, 7) is 2.08. The van der Waals surface area contributed by atoms with Gasteiger partial charge in [-0.3, -0.25) is 9.10 Å². The first-order chi connectivity index (χ1) is 20.2. The van der Waals surface area contributed by atoms with E-state index in [9.17, 15) is 23.1 Å². The second-order valence-corrected chi connectivity index (χ2v) is 11.8. The smallest absolute Gasteiger partial charge is 0.337 e. The number of aromatic hydroxyl groups is 1. The Morgan fingerprint density at radius 2 is 1.69 bits per heavy atom. The zero-order chi connectivity index (χ0) is 29.9. The number of aromatic nitrogens is 1. The van der Waals surface area contributed by atoms with Crippen LogP contribution in [-0.2, 0) is 19.6 Å². The van der Waals surface area contributed by atoms with E-state index in [1.165, 1.54) is 7.11 Å². The first kappa shape index (κ1) is 28.8. The van der Waals surface area contributed by atoms with Gasteiger partial charge >= 0.3 is 5.97 Å². The van der Waals surface area contributed by atoms with Crippen LogP contribution in [-0.4, -0.2) is 87.1 Å². The summed E-state index contributed by atoms with van der Waals surface area (Å²) in [4.78, 5) is 34.3. The highest BCUT2D eigenvalue weighted by atomic mass is 32.2. The first-order valence-corrected chi connectivity index (χ1v) is 15.1. The molecule has 0 radical (unpaired) electrons. The molecule has 218 valence electrons. The predicted octanol–water partition coefficient (Wildman–Crippen LogP) is 3.03. The summed E-state index contributed by atoms with van der Waals surface area (Å²) in [5.74, 6) is -0.885. The average molecular weight is 590 g/mol. The maximum atomic E-state index is 12.9. The number of sulfonamides is 1. The van der Waals surface area contributed by atoms with Crippen LogP contribution in [0.4, 0.5) is 11.4 Å². The monoisotopic (exact) mass is 589 g/mol. The number of piperazine rings is 1. The summed E-state index contributed by atoms with van der Waals surface area (Å²) >= 11 is 0. The summed E-state index contributed by atoms with van der Waals surface area (Å²) < 4.78 is 31.2. The molecule has 2 heterocycles. The van der Waals surface area contributed by atoms with E-state index in [0.717, 1.165) is 16.1 Å². The molecule has 0 bridgehead atoms. The van der Waals surface area contributed by atoms with Crippen LogP contribution in [0.2, 0.25) is 0 Å². The van der Waals surface area contributed by atoms with Gasteiger partial charge in [-0.2, -0.15) is 0 Å². The number of carbonyl (C=O) groups excluding carboxylic acids is 2. The molecular weight excluding hydrogens is 558 g/mol. The molecule has 3 N–H and O–H groups in total. The molecule has 3 aromatic carbocycles. The fourth-order valence-corrected chi connectivity index (χ4v) is 5.74. The second-order valence-electron chi connectivity index (χ2n) is 9.84. The summed E-state index contributed by atoms with van der Waals surface area (Å²) in [7, 11) is -2.44. The molecular formula is C30H31N5O6S. The van der Waals surface area contributed by atoms with Crippen LogP contribution in [0.5, 0.6) is 5.88 Å². The Labute approximate surface area is 243 Å². The Bertz CT molecular complexity index is 1740. The lowest BCUT2D eigenvalue weighted by molar-refractivity contribution is -0.130. The minimum Gasteiger partial charge on any atom is -0.494 e. The zero-order valence-electron chi connectivity index (χ0n) is 23.2. The van der Waals surface area contributed by atoms with Gasteiger partial charge in [-0.15, -0.1) is 0 Å². The van der Waals surface area contributed by atoms with Gasteiger partial charge in [0.25, 0.3) is 0 Å². The van der Waals surface area contributed by atoms with Crippen molar-refractivity contribution in [2.45, 2.75) is 0 Å². The van der Waals surface area contributed by atoms with E-state index < -0.39 is 16.0 Å². The molecule has 1 aromatic heterocycles. The number of rotatable bonds is 8. The molecule has 0 spiro atoms. The van der Waals surface area contributed by atoms with Crippen LogP contribution >= 0.6 is 0 Å². The van der Waals surface area contributed by atoms with E-state index in [2.05, 4.69) is 10.3 Å². The van der Waals surface area contributed by atoms with Crippen molar-refractivity contribution in [1.29, 1.82) is 0 Å². The average Bonchev–Trinajstić information content (AvgIpc) is 3.33. The number of nitrogens with zero attached hydrogens (tertiary/aromatic N) is 3. The van der Waals surface area contributed by atoms with Gasteiger partial charge in [0.15, 0.2) is 5.88 Å². The number of carbonyl (C=O) groups is 2. The molecule has 0 unspecified atom stereocenters. The Hall–Kier alpha value is -4.68. The summed E-state index contributed by atoms with van der Waals surface area (Å²) in [5, 5.41) is 14.8. The number of methoxy groups -OCH3 is 1. The largest absolute Gasteiger partial charge is 0.494 e. The minimum absolute atomic E-state index is 0.124. The number of fused-ring (bicyclic) bond motifs is 1. The Morgan fingerprint density at radius 1 is 1.00 bits per heavy atom. The van der Waals surface area contributed by atoms with E-state index in [1.54, 1.807) is 47.4 Å².